The molecule has 0 saturated carbocycles. The molecule has 0 aliphatic carbocycles. The van der Waals surface area contributed by atoms with Crippen LogP contribution in [-0.2, 0) is 4.79 Å². The van der Waals surface area contributed by atoms with Gasteiger partial charge in [-0.1, -0.05) is 0 Å². The molecule has 2 rings (SSSR count). The summed E-state index contributed by atoms with van der Waals surface area (Å²) in [7, 11) is 1.41. The Bertz CT molecular complexity index is 748. The minimum Gasteiger partial charge on any atom is -0.353 e. The molecule has 1 heterocycles. The van der Waals surface area contributed by atoms with Crippen molar-refractivity contribution in [2.75, 3.05) is 12.5 Å². The molecule has 0 bridgehead atoms. The molecule has 0 aliphatic rings. The van der Waals surface area contributed by atoms with E-state index in [1.54, 1.807) is 24.3 Å². The first-order chi connectivity index (χ1) is 9.13. The molecular formula is C11H10N6O2. The minimum atomic E-state index is -0.578. The SMILES string of the molecule is CNC(=O)/C(C#N)=N/Nc1ccc2[nH]c(=O)[nH]c2c1. The number of nitrogens with zero attached hydrogens (tertiary/aromatic N) is 2. The zero-order chi connectivity index (χ0) is 13.8. The Kier molecular flexibility index (Phi) is 3.29. The number of hydrogen-bond acceptors (Lipinski definition) is 5. The second kappa shape index (κ2) is 5.05. The second-order valence-corrected chi connectivity index (χ2v) is 3.60. The van der Waals surface area contributed by atoms with E-state index >= 15 is 0 Å². The van der Waals surface area contributed by atoms with Crippen LogP contribution in [0.15, 0.2) is 28.1 Å². The van der Waals surface area contributed by atoms with Gasteiger partial charge >= 0.3 is 5.69 Å². The number of carbonyl (C=O) groups excluding carboxylic acids is 1. The number of nitrogens with one attached hydrogen (secondary N) is 4. The van der Waals surface area contributed by atoms with Crippen molar-refractivity contribution in [2.45, 2.75) is 0 Å². The number of hydrazone groups is 1. The van der Waals surface area contributed by atoms with Gasteiger partial charge in [-0.05, 0) is 18.2 Å². The first-order valence-corrected chi connectivity index (χ1v) is 5.32. The summed E-state index contributed by atoms with van der Waals surface area (Å²) in [6, 6.07) is 6.65. The quantitative estimate of drug-likeness (QED) is 0.452. The predicted molar refractivity (Wildman–Crippen MR) is 69.7 cm³/mol. The number of aromatic amines is 2. The molecule has 0 fully saturated rings. The molecule has 0 unspecified atom stereocenters. The Morgan fingerprint density at radius 1 is 1.37 bits per heavy atom. The Hall–Kier alpha value is -3.08. The van der Waals surface area contributed by atoms with Gasteiger partial charge in [-0.15, -0.1) is 0 Å². The van der Waals surface area contributed by atoms with Crippen molar-refractivity contribution in [2.24, 2.45) is 5.10 Å². The van der Waals surface area contributed by atoms with Gasteiger partial charge in [0.05, 0.1) is 16.7 Å². The van der Waals surface area contributed by atoms with E-state index in [1.807, 2.05) is 0 Å². The van der Waals surface area contributed by atoms with Gasteiger partial charge in [0.25, 0.3) is 5.91 Å². The summed E-state index contributed by atoms with van der Waals surface area (Å²) in [6.07, 6.45) is 0. The van der Waals surface area contributed by atoms with Crippen molar-refractivity contribution in [3.63, 3.8) is 0 Å². The van der Waals surface area contributed by atoms with E-state index in [2.05, 4.69) is 25.8 Å². The highest BCUT2D eigenvalue weighted by atomic mass is 16.2. The average Bonchev–Trinajstić information content (AvgIpc) is 2.78. The lowest BCUT2D eigenvalue weighted by atomic mass is 10.3. The van der Waals surface area contributed by atoms with E-state index in [1.165, 1.54) is 7.05 Å². The lowest BCUT2D eigenvalue weighted by Crippen LogP contribution is -2.27. The summed E-state index contributed by atoms with van der Waals surface area (Å²) in [5.74, 6) is -0.578. The number of amides is 1. The van der Waals surface area contributed by atoms with Crippen LogP contribution in [0, 0.1) is 11.3 Å². The van der Waals surface area contributed by atoms with Crippen molar-refractivity contribution < 1.29 is 4.79 Å². The van der Waals surface area contributed by atoms with Crippen molar-refractivity contribution in [1.82, 2.24) is 15.3 Å². The van der Waals surface area contributed by atoms with Gasteiger partial charge in [0.1, 0.15) is 6.07 Å². The monoisotopic (exact) mass is 258 g/mol. The number of anilines is 1. The van der Waals surface area contributed by atoms with Crippen LogP contribution in [0.3, 0.4) is 0 Å². The summed E-state index contributed by atoms with van der Waals surface area (Å²) in [5.41, 5.74) is 3.79. The maximum absolute atomic E-state index is 11.2. The Balaban J connectivity index is 2.26. The number of hydrogen-bond donors (Lipinski definition) is 4. The third-order valence-corrected chi connectivity index (χ3v) is 2.36. The van der Waals surface area contributed by atoms with E-state index in [4.69, 9.17) is 5.26 Å². The fourth-order valence-corrected chi connectivity index (χ4v) is 1.47. The van der Waals surface area contributed by atoms with Crippen LogP contribution in [0.25, 0.3) is 11.0 Å². The molecule has 1 amide bonds. The standard InChI is InChI=1S/C11H10N6O2/c1-13-10(18)9(5-12)17-16-6-2-3-7-8(4-6)15-11(19)14-7/h2-4,16H,1H3,(H,13,18)(H2,14,15,19)/b17-9+. The highest BCUT2D eigenvalue weighted by Crippen LogP contribution is 2.14. The first-order valence-electron chi connectivity index (χ1n) is 5.32. The maximum Gasteiger partial charge on any atom is 0.323 e. The van der Waals surface area contributed by atoms with Gasteiger partial charge in [0, 0.05) is 7.05 Å². The molecular weight excluding hydrogens is 248 g/mol. The summed E-state index contributed by atoms with van der Waals surface area (Å²) >= 11 is 0. The van der Waals surface area contributed by atoms with E-state index in [-0.39, 0.29) is 11.4 Å². The third kappa shape index (κ3) is 2.61. The number of imidazole rings is 1. The molecule has 1 aromatic heterocycles. The summed E-state index contributed by atoms with van der Waals surface area (Å²) in [5, 5.41) is 14.7. The molecule has 96 valence electrons. The largest absolute Gasteiger partial charge is 0.353 e. The van der Waals surface area contributed by atoms with E-state index < -0.39 is 5.91 Å². The third-order valence-electron chi connectivity index (χ3n) is 2.36. The van der Waals surface area contributed by atoms with Crippen molar-refractivity contribution in [1.29, 1.82) is 5.26 Å². The van der Waals surface area contributed by atoms with Gasteiger partial charge in [-0.25, -0.2) is 4.79 Å². The van der Waals surface area contributed by atoms with Gasteiger partial charge in [-0.2, -0.15) is 10.4 Å². The molecule has 4 N–H and O–H groups in total. The number of nitriles is 1. The van der Waals surface area contributed by atoms with Crippen LogP contribution in [0.2, 0.25) is 0 Å². The van der Waals surface area contributed by atoms with E-state index in [9.17, 15) is 9.59 Å². The summed E-state index contributed by atoms with van der Waals surface area (Å²) in [4.78, 5) is 27.5. The smallest absolute Gasteiger partial charge is 0.323 e. The Labute approximate surface area is 107 Å². The topological polar surface area (TPSA) is 126 Å². The Morgan fingerprint density at radius 2 is 2.11 bits per heavy atom. The molecule has 8 nitrogen and oxygen atoms in total. The maximum atomic E-state index is 11.2. The molecule has 0 spiro atoms. The molecule has 0 radical (unpaired) electrons. The minimum absolute atomic E-state index is 0.287. The van der Waals surface area contributed by atoms with Gasteiger partial charge in [0.15, 0.2) is 0 Å². The van der Waals surface area contributed by atoms with E-state index in [0.717, 1.165) is 0 Å². The number of fused-ring (bicyclic) bond motifs is 1. The lowest BCUT2D eigenvalue weighted by molar-refractivity contribution is -0.114. The van der Waals surface area contributed by atoms with Gasteiger partial charge in [-0.3, -0.25) is 10.2 Å². The summed E-state index contributed by atoms with van der Waals surface area (Å²) in [6.45, 7) is 0. The molecule has 2 aromatic rings. The summed E-state index contributed by atoms with van der Waals surface area (Å²) < 4.78 is 0. The highest BCUT2D eigenvalue weighted by molar-refractivity contribution is 6.45. The Morgan fingerprint density at radius 3 is 2.79 bits per heavy atom. The van der Waals surface area contributed by atoms with Crippen molar-refractivity contribution in [3.05, 3.63) is 28.7 Å². The van der Waals surface area contributed by atoms with Gasteiger partial charge < -0.3 is 15.3 Å². The van der Waals surface area contributed by atoms with Crippen LogP contribution in [0.4, 0.5) is 5.69 Å². The number of H-pyrrole nitrogens is 2. The van der Waals surface area contributed by atoms with E-state index in [0.29, 0.717) is 16.7 Å². The second-order valence-electron chi connectivity index (χ2n) is 3.60. The van der Waals surface area contributed by atoms with Crippen LogP contribution in [0.5, 0.6) is 0 Å². The van der Waals surface area contributed by atoms with Crippen molar-refractivity contribution in [3.8, 4) is 6.07 Å². The highest BCUT2D eigenvalue weighted by Gasteiger charge is 2.08. The number of benzene rings is 1. The van der Waals surface area contributed by atoms with Crippen LogP contribution >= 0.6 is 0 Å². The van der Waals surface area contributed by atoms with Crippen LogP contribution in [-0.4, -0.2) is 28.6 Å². The fourth-order valence-electron chi connectivity index (χ4n) is 1.47. The lowest BCUT2D eigenvalue weighted by Gasteiger charge is -2.01. The number of aromatic nitrogens is 2. The molecule has 0 saturated heterocycles. The number of carbonyl (C=O) groups is 1. The van der Waals surface area contributed by atoms with Crippen molar-refractivity contribution >= 4 is 28.3 Å². The van der Waals surface area contributed by atoms with Crippen LogP contribution in [0.1, 0.15) is 0 Å². The van der Waals surface area contributed by atoms with Gasteiger partial charge in [0.2, 0.25) is 5.71 Å². The first kappa shape index (κ1) is 12.4. The molecule has 0 aliphatic heterocycles. The zero-order valence-electron chi connectivity index (χ0n) is 9.94. The molecule has 0 atom stereocenters. The molecule has 1 aromatic carbocycles. The normalized spacial score (nSPS) is 11.1. The zero-order valence-corrected chi connectivity index (χ0v) is 9.94. The predicted octanol–water partition coefficient (Wildman–Crippen LogP) is -0.106. The fraction of sp³-hybridized carbons (Fsp3) is 0.0909. The van der Waals surface area contributed by atoms with Crippen LogP contribution < -0.4 is 16.4 Å². The molecule has 8 heteroatoms. The average molecular weight is 258 g/mol. The number of rotatable bonds is 3. The molecule has 19 heavy (non-hydrogen) atoms.